The van der Waals surface area contributed by atoms with E-state index in [0.717, 1.165) is 10.6 Å². The zero-order valence-electron chi connectivity index (χ0n) is 14.0. The van der Waals surface area contributed by atoms with Crippen molar-refractivity contribution < 1.29 is 9.53 Å². The van der Waals surface area contributed by atoms with Crippen LogP contribution in [0.2, 0.25) is 0 Å². The van der Waals surface area contributed by atoms with Gasteiger partial charge in [0.2, 0.25) is 11.0 Å². The maximum Gasteiger partial charge on any atom is 0.233 e. The highest BCUT2D eigenvalue weighted by molar-refractivity contribution is 7.18. The number of benzene rings is 1. The maximum absolute atomic E-state index is 12.7. The van der Waals surface area contributed by atoms with Gasteiger partial charge in [0.15, 0.2) is 0 Å². The third kappa shape index (κ3) is 3.48. The summed E-state index contributed by atoms with van der Waals surface area (Å²) in [5.74, 6) is -0.0866. The predicted octanol–water partition coefficient (Wildman–Crippen LogP) is 2.52. The lowest BCUT2D eigenvalue weighted by atomic mass is 9.79. The van der Waals surface area contributed by atoms with Crippen LogP contribution in [0.25, 0.3) is 10.6 Å². The number of hydrogen-bond acceptors (Lipinski definition) is 6. The number of carbonyl (C=O) groups excluding carboxylic acids is 1. The molecule has 1 aromatic heterocycles. The number of anilines is 1. The molecule has 7 heteroatoms. The molecule has 2 aromatic rings. The average Bonchev–Trinajstić information content (AvgIpc) is 3.03. The topological polar surface area (TPSA) is 90.1 Å². The Hall–Kier alpha value is -1.83. The highest BCUT2D eigenvalue weighted by Crippen LogP contribution is 2.33. The van der Waals surface area contributed by atoms with Gasteiger partial charge in [-0.2, -0.15) is 0 Å². The van der Waals surface area contributed by atoms with Crippen molar-refractivity contribution >= 4 is 22.4 Å². The normalized spacial score (nSPS) is 16.8. The Morgan fingerprint density at radius 1 is 1.25 bits per heavy atom. The van der Waals surface area contributed by atoms with Crippen LogP contribution in [0.1, 0.15) is 24.0 Å². The highest BCUT2D eigenvalue weighted by Gasteiger charge is 2.39. The Morgan fingerprint density at radius 3 is 2.54 bits per heavy atom. The molecule has 0 saturated carbocycles. The lowest BCUT2D eigenvalue weighted by molar-refractivity contribution is -0.130. The van der Waals surface area contributed by atoms with Gasteiger partial charge in [-0.1, -0.05) is 28.5 Å². The first kappa shape index (κ1) is 17.0. The van der Waals surface area contributed by atoms with Crippen molar-refractivity contribution in [2.45, 2.75) is 26.7 Å². The van der Waals surface area contributed by atoms with Gasteiger partial charge in [-0.05, 0) is 38.8 Å². The number of nitrogens with one attached hydrogen (secondary N) is 1. The first-order valence-electron chi connectivity index (χ1n) is 8.04. The second kappa shape index (κ2) is 6.96. The number of nitrogens with two attached hydrogens (primary N) is 1. The summed E-state index contributed by atoms with van der Waals surface area (Å²) in [5.41, 5.74) is 8.68. The fourth-order valence-corrected chi connectivity index (χ4v) is 3.73. The number of hydrogen-bond donors (Lipinski definition) is 2. The summed E-state index contributed by atoms with van der Waals surface area (Å²) in [6.07, 6.45) is 1.27. The van der Waals surface area contributed by atoms with E-state index in [2.05, 4.69) is 47.6 Å². The first-order valence-corrected chi connectivity index (χ1v) is 8.85. The molecule has 2 heterocycles. The van der Waals surface area contributed by atoms with Crippen molar-refractivity contribution in [3.8, 4) is 10.6 Å². The molecule has 1 aliphatic heterocycles. The second-order valence-electron chi connectivity index (χ2n) is 6.34. The predicted molar refractivity (Wildman–Crippen MR) is 95.0 cm³/mol. The van der Waals surface area contributed by atoms with Crippen molar-refractivity contribution in [1.82, 2.24) is 10.2 Å². The van der Waals surface area contributed by atoms with Crippen LogP contribution in [0.4, 0.5) is 5.13 Å². The lowest BCUT2D eigenvalue weighted by Crippen LogP contribution is -2.46. The molecule has 0 aliphatic carbocycles. The molecule has 0 radical (unpaired) electrons. The van der Waals surface area contributed by atoms with Crippen molar-refractivity contribution in [3.05, 3.63) is 29.3 Å². The van der Waals surface area contributed by atoms with E-state index in [4.69, 9.17) is 10.5 Å². The molecule has 0 unspecified atom stereocenters. The summed E-state index contributed by atoms with van der Waals surface area (Å²) in [6.45, 7) is 5.54. The molecular formula is C17H22N4O2S. The van der Waals surface area contributed by atoms with Gasteiger partial charge in [0.25, 0.3) is 0 Å². The number of carbonyl (C=O) groups is 1. The van der Waals surface area contributed by atoms with E-state index in [-0.39, 0.29) is 5.91 Å². The minimum absolute atomic E-state index is 0.0866. The lowest BCUT2D eigenvalue weighted by Gasteiger charge is -2.34. The number of rotatable bonds is 4. The Morgan fingerprint density at radius 2 is 1.92 bits per heavy atom. The van der Waals surface area contributed by atoms with Crippen molar-refractivity contribution in [2.75, 3.05) is 25.1 Å². The molecule has 0 spiro atoms. The minimum atomic E-state index is -0.565. The minimum Gasteiger partial charge on any atom is -0.381 e. The fourth-order valence-electron chi connectivity index (χ4n) is 3.00. The van der Waals surface area contributed by atoms with Crippen molar-refractivity contribution in [1.29, 1.82) is 0 Å². The Bertz CT molecular complexity index is 718. The summed E-state index contributed by atoms with van der Waals surface area (Å²) < 4.78 is 5.35. The first-order chi connectivity index (χ1) is 11.5. The smallest absolute Gasteiger partial charge is 0.233 e. The second-order valence-corrected chi connectivity index (χ2v) is 7.32. The molecule has 6 nitrogen and oxygen atoms in total. The van der Waals surface area contributed by atoms with Gasteiger partial charge in [-0.3, -0.25) is 10.1 Å². The largest absolute Gasteiger partial charge is 0.381 e. The van der Waals surface area contributed by atoms with E-state index in [0.29, 0.717) is 37.7 Å². The molecule has 3 N–H and O–H groups in total. The van der Waals surface area contributed by atoms with Crippen LogP contribution in [0.15, 0.2) is 18.2 Å². The average molecular weight is 346 g/mol. The van der Waals surface area contributed by atoms with Crippen LogP contribution in [-0.4, -0.2) is 35.9 Å². The van der Waals surface area contributed by atoms with E-state index in [1.807, 2.05) is 0 Å². The molecule has 1 fully saturated rings. The summed E-state index contributed by atoms with van der Waals surface area (Å²) in [6, 6.07) is 6.25. The van der Waals surface area contributed by atoms with Gasteiger partial charge in [-0.15, -0.1) is 10.2 Å². The molecule has 1 aromatic carbocycles. The fraction of sp³-hybridized carbons (Fsp3) is 0.471. The zero-order valence-corrected chi connectivity index (χ0v) is 14.8. The van der Waals surface area contributed by atoms with Gasteiger partial charge in [0.1, 0.15) is 5.01 Å². The van der Waals surface area contributed by atoms with Gasteiger partial charge in [0, 0.05) is 25.3 Å². The molecular weight excluding hydrogens is 324 g/mol. The summed E-state index contributed by atoms with van der Waals surface area (Å²) in [7, 11) is 0. The molecule has 1 amide bonds. The van der Waals surface area contributed by atoms with Gasteiger partial charge < -0.3 is 10.5 Å². The van der Waals surface area contributed by atoms with E-state index < -0.39 is 5.41 Å². The number of aryl methyl sites for hydroxylation is 2. The van der Waals surface area contributed by atoms with Crippen LogP contribution in [0.3, 0.4) is 0 Å². The van der Waals surface area contributed by atoms with Crippen LogP contribution in [-0.2, 0) is 9.53 Å². The van der Waals surface area contributed by atoms with Gasteiger partial charge in [0.05, 0.1) is 5.41 Å². The van der Waals surface area contributed by atoms with Crippen LogP contribution in [0.5, 0.6) is 0 Å². The zero-order chi connectivity index (χ0) is 17.2. The van der Waals surface area contributed by atoms with Gasteiger partial charge in [-0.25, -0.2) is 0 Å². The molecule has 0 bridgehead atoms. The molecule has 1 saturated heterocycles. The Labute approximate surface area is 145 Å². The molecule has 0 atom stereocenters. The number of amides is 1. The molecule has 128 valence electrons. The van der Waals surface area contributed by atoms with E-state index in [1.165, 1.54) is 22.5 Å². The van der Waals surface area contributed by atoms with E-state index >= 15 is 0 Å². The van der Waals surface area contributed by atoms with Crippen LogP contribution in [0, 0.1) is 19.3 Å². The number of nitrogens with zero attached hydrogens (tertiary/aromatic N) is 2. The van der Waals surface area contributed by atoms with Crippen molar-refractivity contribution in [3.63, 3.8) is 0 Å². The maximum atomic E-state index is 12.7. The van der Waals surface area contributed by atoms with E-state index in [1.54, 1.807) is 0 Å². The quantitative estimate of drug-likeness (QED) is 0.888. The monoisotopic (exact) mass is 346 g/mol. The van der Waals surface area contributed by atoms with Crippen LogP contribution < -0.4 is 11.1 Å². The van der Waals surface area contributed by atoms with Gasteiger partial charge >= 0.3 is 0 Å². The number of ether oxygens (including phenoxy) is 1. The van der Waals surface area contributed by atoms with Crippen molar-refractivity contribution in [2.24, 2.45) is 11.1 Å². The Kier molecular flexibility index (Phi) is 4.93. The highest BCUT2D eigenvalue weighted by atomic mass is 32.1. The summed E-state index contributed by atoms with van der Waals surface area (Å²) in [4.78, 5) is 12.7. The molecule has 24 heavy (non-hydrogen) atoms. The Balaban J connectivity index is 1.77. The summed E-state index contributed by atoms with van der Waals surface area (Å²) >= 11 is 1.38. The third-order valence-corrected chi connectivity index (χ3v) is 5.32. The standard InChI is InChI=1S/C17H22N4O2S/c1-11-7-12(2)9-13(8-11)14-20-21-16(24-14)19-15(22)17(10-18)3-5-23-6-4-17/h7-9H,3-6,10,18H2,1-2H3,(H,19,21,22). The SMILES string of the molecule is Cc1cc(C)cc(-c2nnc(NC(=O)C3(CN)CCOCC3)s2)c1. The molecule has 3 rings (SSSR count). The molecule has 1 aliphatic rings. The van der Waals surface area contributed by atoms with Crippen LogP contribution >= 0.6 is 11.3 Å². The third-order valence-electron chi connectivity index (χ3n) is 4.44. The summed E-state index contributed by atoms with van der Waals surface area (Å²) in [5, 5.41) is 12.5. The number of aromatic nitrogens is 2. The van der Waals surface area contributed by atoms with E-state index in [9.17, 15) is 4.79 Å².